The van der Waals surface area contributed by atoms with Crippen LogP contribution in [0.2, 0.25) is 5.02 Å². The molecule has 0 radical (unpaired) electrons. The van der Waals surface area contributed by atoms with Gasteiger partial charge in [-0.15, -0.1) is 23.1 Å². The number of aromatic nitrogens is 2. The molecule has 0 bridgehead atoms. The maximum Gasteiger partial charge on any atom is 0.142 e. The van der Waals surface area contributed by atoms with Crippen LogP contribution in [0.5, 0.6) is 0 Å². The van der Waals surface area contributed by atoms with Crippen LogP contribution in [0, 0.1) is 5.92 Å². The fourth-order valence-corrected chi connectivity index (χ4v) is 8.28. The molecule has 3 nitrogen and oxygen atoms in total. The van der Waals surface area contributed by atoms with Crippen LogP contribution in [-0.2, 0) is 25.0 Å². The lowest BCUT2D eigenvalue weighted by molar-refractivity contribution is 0.700. The van der Waals surface area contributed by atoms with Crippen LogP contribution in [0.1, 0.15) is 46.2 Å². The van der Waals surface area contributed by atoms with Gasteiger partial charge < -0.3 is 5.32 Å². The van der Waals surface area contributed by atoms with Gasteiger partial charge in [0.25, 0.3) is 0 Å². The summed E-state index contributed by atoms with van der Waals surface area (Å²) in [5.41, 5.74) is 4.39. The number of rotatable bonds is 5. The summed E-state index contributed by atoms with van der Waals surface area (Å²) >= 11 is 13.4. The summed E-state index contributed by atoms with van der Waals surface area (Å²) in [6, 6.07) is 15.3. The van der Waals surface area contributed by atoms with Crippen molar-refractivity contribution in [3.63, 3.8) is 0 Å². The van der Waals surface area contributed by atoms with Crippen molar-refractivity contribution < 1.29 is 0 Å². The van der Waals surface area contributed by atoms with E-state index in [-0.39, 0.29) is 0 Å². The third-order valence-corrected chi connectivity index (χ3v) is 10.4. The fourth-order valence-electron chi connectivity index (χ4n) is 5.79. The molecular formula is C27H23BrClN3S2. The van der Waals surface area contributed by atoms with Crippen LogP contribution in [0.4, 0.5) is 5.82 Å². The number of fused-ring (bicyclic) bond motifs is 6. The van der Waals surface area contributed by atoms with Crippen molar-refractivity contribution in [2.24, 2.45) is 5.92 Å². The van der Waals surface area contributed by atoms with Gasteiger partial charge in [-0.05, 0) is 91.1 Å². The lowest BCUT2D eigenvalue weighted by atomic mass is 9.97. The van der Waals surface area contributed by atoms with Crippen molar-refractivity contribution in [2.75, 3.05) is 5.32 Å². The van der Waals surface area contributed by atoms with E-state index < -0.39 is 0 Å². The lowest BCUT2D eigenvalue weighted by Gasteiger charge is -2.15. The maximum atomic E-state index is 6.24. The van der Waals surface area contributed by atoms with E-state index in [0.717, 1.165) is 44.6 Å². The number of nitrogens with zero attached hydrogens (tertiary/aromatic N) is 2. The molecule has 1 saturated carbocycles. The molecule has 1 fully saturated rings. The predicted molar refractivity (Wildman–Crippen MR) is 147 cm³/mol. The van der Waals surface area contributed by atoms with E-state index >= 15 is 0 Å². The zero-order chi connectivity index (χ0) is 22.8. The number of hydrogen-bond donors (Lipinski definition) is 1. The third-order valence-electron chi connectivity index (χ3n) is 7.43. The van der Waals surface area contributed by atoms with Crippen molar-refractivity contribution in [3.05, 3.63) is 79.4 Å². The molecule has 7 heteroatoms. The Hall–Kier alpha value is -1.60. The van der Waals surface area contributed by atoms with Crippen molar-refractivity contribution in [3.8, 4) is 0 Å². The molecule has 7 rings (SSSR count). The van der Waals surface area contributed by atoms with Crippen molar-refractivity contribution in [1.29, 1.82) is 0 Å². The van der Waals surface area contributed by atoms with Gasteiger partial charge >= 0.3 is 0 Å². The van der Waals surface area contributed by atoms with Crippen LogP contribution in [0.25, 0.3) is 10.2 Å². The topological polar surface area (TPSA) is 37.8 Å². The standard InChI is InChI=1S/C27H23BrClN3S2/c28-15-5-8-17(9-6-15)33-13-22-30-26(24-19-3-1-2-4-21(19)34-27(24)31-22)32-25-20-12-14-11-16(29)7-10-18(14)23(20)25/h5-11,20,23,25H,1-4,12-13H2,(H,30,31,32). The van der Waals surface area contributed by atoms with Gasteiger partial charge in [0.2, 0.25) is 0 Å². The van der Waals surface area contributed by atoms with E-state index in [1.165, 1.54) is 51.1 Å². The zero-order valence-electron chi connectivity index (χ0n) is 18.5. The first-order valence-corrected chi connectivity index (χ1v) is 14.9. The second-order valence-electron chi connectivity index (χ2n) is 9.53. The van der Waals surface area contributed by atoms with Gasteiger partial charge in [0.15, 0.2) is 0 Å². The fraction of sp³-hybridized carbons (Fsp3) is 0.333. The molecule has 4 aromatic rings. The van der Waals surface area contributed by atoms with Crippen molar-refractivity contribution in [2.45, 2.75) is 54.7 Å². The Morgan fingerprint density at radius 3 is 2.82 bits per heavy atom. The molecule has 34 heavy (non-hydrogen) atoms. The summed E-state index contributed by atoms with van der Waals surface area (Å²) < 4.78 is 1.10. The Labute approximate surface area is 220 Å². The quantitative estimate of drug-likeness (QED) is 0.247. The highest BCUT2D eigenvalue weighted by Gasteiger charge is 2.56. The van der Waals surface area contributed by atoms with Crippen LogP contribution in [-0.4, -0.2) is 16.0 Å². The largest absolute Gasteiger partial charge is 0.366 e. The second-order valence-corrected chi connectivity index (χ2v) is 13.0. The Balaban J connectivity index is 1.21. The summed E-state index contributed by atoms with van der Waals surface area (Å²) in [5, 5.41) is 6.04. The SMILES string of the molecule is Clc1ccc2c(c1)CC1C(Nc3nc(CSc4ccc(Br)cc4)nc4sc5c(c34)CCCC5)C21. The van der Waals surface area contributed by atoms with Gasteiger partial charge in [-0.1, -0.05) is 33.6 Å². The minimum Gasteiger partial charge on any atom is -0.366 e. The first kappa shape index (κ1) is 21.7. The van der Waals surface area contributed by atoms with Crippen LogP contribution >= 0.6 is 50.6 Å². The summed E-state index contributed by atoms with van der Waals surface area (Å²) in [5.74, 6) is 3.97. The molecular weight excluding hydrogens is 546 g/mol. The second kappa shape index (κ2) is 8.51. The minimum atomic E-state index is 0.456. The number of hydrogen-bond acceptors (Lipinski definition) is 5. The number of benzene rings is 2. The van der Waals surface area contributed by atoms with E-state index in [4.69, 9.17) is 21.6 Å². The average molecular weight is 569 g/mol. The Kier molecular flexibility index (Phi) is 5.42. The molecule has 1 N–H and O–H groups in total. The monoisotopic (exact) mass is 567 g/mol. The normalized spacial score (nSPS) is 22.4. The molecule has 172 valence electrons. The summed E-state index contributed by atoms with van der Waals surface area (Å²) in [7, 11) is 0. The predicted octanol–water partition coefficient (Wildman–Crippen LogP) is 8.03. The van der Waals surface area contributed by atoms with Gasteiger partial charge in [0, 0.05) is 31.2 Å². The molecule has 2 aromatic carbocycles. The van der Waals surface area contributed by atoms with Crippen molar-refractivity contribution >= 4 is 66.7 Å². The van der Waals surface area contributed by atoms with Crippen LogP contribution in [0.15, 0.2) is 51.8 Å². The Bertz CT molecular complexity index is 1420. The smallest absolute Gasteiger partial charge is 0.142 e. The highest BCUT2D eigenvalue weighted by molar-refractivity contribution is 9.10. The van der Waals surface area contributed by atoms with Gasteiger partial charge in [-0.25, -0.2) is 9.97 Å². The number of thioether (sulfide) groups is 1. The summed E-state index contributed by atoms with van der Waals surface area (Å²) in [6.45, 7) is 0. The molecule has 0 spiro atoms. The molecule has 0 aliphatic heterocycles. The van der Waals surface area contributed by atoms with E-state index in [9.17, 15) is 0 Å². The third kappa shape index (κ3) is 3.78. The van der Waals surface area contributed by atoms with E-state index in [1.54, 1.807) is 11.8 Å². The van der Waals surface area contributed by atoms with Gasteiger partial charge in [0.1, 0.15) is 16.5 Å². The minimum absolute atomic E-state index is 0.456. The van der Waals surface area contributed by atoms with E-state index in [1.807, 2.05) is 17.4 Å². The Morgan fingerprint density at radius 1 is 1.09 bits per heavy atom. The number of anilines is 1. The van der Waals surface area contributed by atoms with E-state index in [0.29, 0.717) is 17.9 Å². The highest BCUT2D eigenvalue weighted by Crippen LogP contribution is 2.58. The zero-order valence-corrected chi connectivity index (χ0v) is 22.5. The number of aryl methyl sites for hydroxylation is 2. The first-order valence-electron chi connectivity index (χ1n) is 11.9. The number of thiophene rings is 1. The molecule has 3 aliphatic carbocycles. The van der Waals surface area contributed by atoms with Gasteiger partial charge in [0.05, 0.1) is 11.1 Å². The molecule has 0 amide bonds. The van der Waals surface area contributed by atoms with Crippen LogP contribution in [0.3, 0.4) is 0 Å². The number of nitrogens with one attached hydrogen (secondary N) is 1. The first-order chi connectivity index (χ1) is 16.6. The maximum absolute atomic E-state index is 6.24. The molecule has 0 saturated heterocycles. The summed E-state index contributed by atoms with van der Waals surface area (Å²) in [4.78, 5) is 14.1. The molecule has 2 heterocycles. The molecule has 2 aromatic heterocycles. The average Bonchev–Trinajstić information content (AvgIpc) is 3.18. The van der Waals surface area contributed by atoms with Gasteiger partial charge in [-0.2, -0.15) is 0 Å². The van der Waals surface area contributed by atoms with Gasteiger partial charge in [-0.3, -0.25) is 0 Å². The lowest BCUT2D eigenvalue weighted by Crippen LogP contribution is -2.13. The molecule has 3 atom stereocenters. The van der Waals surface area contributed by atoms with E-state index in [2.05, 4.69) is 57.6 Å². The molecule has 3 aliphatic rings. The Morgan fingerprint density at radius 2 is 1.94 bits per heavy atom. The summed E-state index contributed by atoms with van der Waals surface area (Å²) in [6.07, 6.45) is 6.00. The highest BCUT2D eigenvalue weighted by atomic mass is 79.9. The van der Waals surface area contributed by atoms with Crippen molar-refractivity contribution in [1.82, 2.24) is 9.97 Å². The number of halogens is 2. The van der Waals surface area contributed by atoms with Crippen LogP contribution < -0.4 is 5.32 Å². The molecule has 3 unspecified atom stereocenters.